The number of benzene rings is 2. The van der Waals surface area contributed by atoms with Gasteiger partial charge < -0.3 is 5.32 Å². The Morgan fingerprint density at radius 3 is 2.28 bits per heavy atom. The fourth-order valence-electron chi connectivity index (χ4n) is 1.61. The summed E-state index contributed by atoms with van der Waals surface area (Å²) in [5.41, 5.74) is 0.851. The first-order valence-electron chi connectivity index (χ1n) is 5.51. The Balaban J connectivity index is 2.06. The molecule has 0 atom stereocenters. The van der Waals surface area contributed by atoms with E-state index in [0.717, 1.165) is 17.7 Å². The van der Waals surface area contributed by atoms with Crippen molar-refractivity contribution < 1.29 is 13.2 Å². The van der Waals surface area contributed by atoms with Gasteiger partial charge in [-0.2, -0.15) is 13.2 Å². The molecule has 0 aliphatic heterocycles. The van der Waals surface area contributed by atoms with Gasteiger partial charge in [-0.25, -0.2) is 0 Å². The Kier molecular flexibility index (Phi) is 3.55. The fourth-order valence-corrected chi connectivity index (χ4v) is 1.61. The van der Waals surface area contributed by atoms with Gasteiger partial charge in [-0.3, -0.25) is 0 Å². The Hall–Kier alpha value is -1.97. The average Bonchev–Trinajstić information content (AvgIpc) is 2.37. The van der Waals surface area contributed by atoms with Crippen LogP contribution in [-0.4, -0.2) is 0 Å². The summed E-state index contributed by atoms with van der Waals surface area (Å²) in [6, 6.07) is 14.7. The van der Waals surface area contributed by atoms with Gasteiger partial charge in [0.25, 0.3) is 0 Å². The van der Waals surface area contributed by atoms with Crippen LogP contribution in [0.5, 0.6) is 0 Å². The number of rotatable bonds is 3. The minimum Gasteiger partial charge on any atom is -0.381 e. The van der Waals surface area contributed by atoms with E-state index in [0.29, 0.717) is 12.2 Å². The third kappa shape index (κ3) is 3.26. The average molecular weight is 251 g/mol. The summed E-state index contributed by atoms with van der Waals surface area (Å²) in [6.45, 7) is 0.502. The van der Waals surface area contributed by atoms with Gasteiger partial charge in [0.15, 0.2) is 0 Å². The van der Waals surface area contributed by atoms with E-state index < -0.39 is 11.7 Å². The Morgan fingerprint density at radius 2 is 1.61 bits per heavy atom. The van der Waals surface area contributed by atoms with Crippen molar-refractivity contribution in [2.24, 2.45) is 0 Å². The normalized spacial score (nSPS) is 11.3. The van der Waals surface area contributed by atoms with Gasteiger partial charge in [0, 0.05) is 12.2 Å². The second-order valence-electron chi connectivity index (χ2n) is 3.92. The van der Waals surface area contributed by atoms with Crippen LogP contribution < -0.4 is 5.32 Å². The van der Waals surface area contributed by atoms with Crippen LogP contribution in [0, 0.1) is 0 Å². The summed E-state index contributed by atoms with van der Waals surface area (Å²) in [5, 5.41) is 2.97. The van der Waals surface area contributed by atoms with Gasteiger partial charge >= 0.3 is 6.18 Å². The molecular weight excluding hydrogens is 239 g/mol. The van der Waals surface area contributed by atoms with Gasteiger partial charge in [-0.1, -0.05) is 36.4 Å². The van der Waals surface area contributed by atoms with Gasteiger partial charge in [0.05, 0.1) is 5.56 Å². The summed E-state index contributed by atoms with van der Waals surface area (Å²) >= 11 is 0. The molecule has 0 aliphatic carbocycles. The molecule has 0 bridgehead atoms. The van der Waals surface area contributed by atoms with Crippen LogP contribution in [0.4, 0.5) is 18.9 Å². The Morgan fingerprint density at radius 1 is 0.889 bits per heavy atom. The smallest absolute Gasteiger partial charge is 0.381 e. The second-order valence-corrected chi connectivity index (χ2v) is 3.92. The van der Waals surface area contributed by atoms with Crippen molar-refractivity contribution in [3.63, 3.8) is 0 Å². The first-order chi connectivity index (χ1) is 8.55. The Labute approximate surface area is 103 Å². The lowest BCUT2D eigenvalue weighted by molar-refractivity contribution is -0.137. The van der Waals surface area contributed by atoms with E-state index in [4.69, 9.17) is 0 Å². The molecule has 18 heavy (non-hydrogen) atoms. The molecule has 0 heterocycles. The van der Waals surface area contributed by atoms with Crippen molar-refractivity contribution >= 4 is 5.69 Å². The van der Waals surface area contributed by atoms with Crippen LogP contribution in [0.25, 0.3) is 0 Å². The van der Waals surface area contributed by atoms with E-state index in [1.54, 1.807) is 6.07 Å². The van der Waals surface area contributed by atoms with Crippen molar-refractivity contribution in [1.82, 2.24) is 0 Å². The number of alkyl halides is 3. The molecule has 2 aromatic rings. The molecule has 1 nitrogen and oxygen atoms in total. The van der Waals surface area contributed by atoms with Crippen molar-refractivity contribution in [2.45, 2.75) is 12.7 Å². The number of anilines is 1. The predicted octanol–water partition coefficient (Wildman–Crippen LogP) is 4.32. The molecular formula is C14H12F3N. The molecule has 0 aliphatic rings. The quantitative estimate of drug-likeness (QED) is 0.856. The highest BCUT2D eigenvalue weighted by Gasteiger charge is 2.30. The summed E-state index contributed by atoms with van der Waals surface area (Å²) in [7, 11) is 0. The second kappa shape index (κ2) is 5.12. The molecule has 0 radical (unpaired) electrons. The Bertz CT molecular complexity index is 506. The maximum Gasteiger partial charge on any atom is 0.416 e. The molecule has 0 saturated heterocycles. The zero-order chi connectivity index (χ0) is 13.0. The lowest BCUT2D eigenvalue weighted by atomic mass is 10.2. The van der Waals surface area contributed by atoms with Gasteiger partial charge in [0.1, 0.15) is 0 Å². The van der Waals surface area contributed by atoms with E-state index in [-0.39, 0.29) is 0 Å². The fraction of sp³-hybridized carbons (Fsp3) is 0.143. The highest BCUT2D eigenvalue weighted by molar-refractivity contribution is 5.46. The molecule has 0 aromatic heterocycles. The van der Waals surface area contributed by atoms with Crippen LogP contribution in [-0.2, 0) is 12.7 Å². The molecule has 4 heteroatoms. The minimum absolute atomic E-state index is 0.466. The molecule has 0 amide bonds. The highest BCUT2D eigenvalue weighted by atomic mass is 19.4. The van der Waals surface area contributed by atoms with E-state index >= 15 is 0 Å². The van der Waals surface area contributed by atoms with E-state index in [1.807, 2.05) is 30.3 Å². The van der Waals surface area contributed by atoms with Crippen LogP contribution in [0.15, 0.2) is 54.6 Å². The van der Waals surface area contributed by atoms with Crippen molar-refractivity contribution in [1.29, 1.82) is 0 Å². The lowest BCUT2D eigenvalue weighted by Crippen LogP contribution is -2.06. The summed E-state index contributed by atoms with van der Waals surface area (Å²) in [5.74, 6) is 0. The molecule has 0 unspecified atom stereocenters. The molecule has 0 saturated carbocycles. The van der Waals surface area contributed by atoms with E-state index in [9.17, 15) is 13.2 Å². The SMILES string of the molecule is FC(F)(F)c1cccc(NCc2ccccc2)c1. The lowest BCUT2D eigenvalue weighted by Gasteiger charge is -2.10. The molecule has 0 spiro atoms. The minimum atomic E-state index is -4.30. The van der Waals surface area contributed by atoms with Gasteiger partial charge in [0.2, 0.25) is 0 Å². The molecule has 1 N–H and O–H groups in total. The number of halogens is 3. The number of hydrogen-bond acceptors (Lipinski definition) is 1. The topological polar surface area (TPSA) is 12.0 Å². The zero-order valence-electron chi connectivity index (χ0n) is 9.54. The third-order valence-corrected chi connectivity index (χ3v) is 2.53. The first kappa shape index (κ1) is 12.5. The standard InChI is InChI=1S/C14H12F3N/c15-14(16,17)12-7-4-8-13(9-12)18-10-11-5-2-1-3-6-11/h1-9,18H,10H2. The molecule has 0 fully saturated rings. The highest BCUT2D eigenvalue weighted by Crippen LogP contribution is 2.30. The van der Waals surface area contributed by atoms with Crippen LogP contribution in [0.2, 0.25) is 0 Å². The van der Waals surface area contributed by atoms with Crippen LogP contribution >= 0.6 is 0 Å². The maximum atomic E-state index is 12.5. The van der Waals surface area contributed by atoms with E-state index in [1.165, 1.54) is 6.07 Å². The maximum absolute atomic E-state index is 12.5. The van der Waals surface area contributed by atoms with Crippen molar-refractivity contribution in [3.05, 3.63) is 65.7 Å². The van der Waals surface area contributed by atoms with Crippen LogP contribution in [0.3, 0.4) is 0 Å². The van der Waals surface area contributed by atoms with Crippen molar-refractivity contribution in [3.8, 4) is 0 Å². The molecule has 94 valence electrons. The zero-order valence-corrected chi connectivity index (χ0v) is 9.54. The number of hydrogen-bond donors (Lipinski definition) is 1. The van der Waals surface area contributed by atoms with Crippen molar-refractivity contribution in [2.75, 3.05) is 5.32 Å². The van der Waals surface area contributed by atoms with E-state index in [2.05, 4.69) is 5.32 Å². The molecule has 2 rings (SSSR count). The summed E-state index contributed by atoms with van der Waals surface area (Å²) in [6.07, 6.45) is -4.30. The number of nitrogens with one attached hydrogen (secondary N) is 1. The van der Waals surface area contributed by atoms with Gasteiger partial charge in [-0.05, 0) is 23.8 Å². The van der Waals surface area contributed by atoms with Crippen LogP contribution in [0.1, 0.15) is 11.1 Å². The van der Waals surface area contributed by atoms with Gasteiger partial charge in [-0.15, -0.1) is 0 Å². The first-order valence-corrected chi connectivity index (χ1v) is 5.51. The predicted molar refractivity (Wildman–Crippen MR) is 65.2 cm³/mol. The molecule has 2 aromatic carbocycles. The monoisotopic (exact) mass is 251 g/mol. The largest absolute Gasteiger partial charge is 0.416 e. The summed E-state index contributed by atoms with van der Waals surface area (Å²) < 4.78 is 37.5. The summed E-state index contributed by atoms with van der Waals surface area (Å²) in [4.78, 5) is 0. The third-order valence-electron chi connectivity index (χ3n) is 2.53.